The Bertz CT molecular complexity index is 981. The second-order valence-corrected chi connectivity index (χ2v) is 6.34. The summed E-state index contributed by atoms with van der Waals surface area (Å²) in [5.74, 6) is -0.353. The molecule has 0 aliphatic carbocycles. The van der Waals surface area contributed by atoms with E-state index in [4.69, 9.17) is 14.6 Å². The first-order valence-electron chi connectivity index (χ1n) is 9.09. The molecule has 0 radical (unpaired) electrons. The van der Waals surface area contributed by atoms with Crippen molar-refractivity contribution < 1.29 is 24.2 Å². The Hall–Kier alpha value is -3.80. The first-order valence-corrected chi connectivity index (χ1v) is 9.09. The van der Waals surface area contributed by atoms with E-state index in [-0.39, 0.29) is 24.7 Å². The molecular weight excluding hydrogens is 370 g/mol. The third-order valence-corrected chi connectivity index (χ3v) is 4.15. The molecule has 0 aromatic heterocycles. The number of benzene rings is 3. The minimum atomic E-state index is -1.04. The van der Waals surface area contributed by atoms with E-state index < -0.39 is 5.97 Å². The molecule has 6 nitrogen and oxygen atoms in total. The van der Waals surface area contributed by atoms with Crippen LogP contribution < -0.4 is 14.8 Å². The molecular formula is C23H21NO5. The van der Waals surface area contributed by atoms with Crippen molar-refractivity contribution in [1.82, 2.24) is 0 Å². The van der Waals surface area contributed by atoms with Crippen LogP contribution in [-0.2, 0) is 0 Å². The molecule has 0 aliphatic heterocycles. The van der Waals surface area contributed by atoms with Gasteiger partial charge in [-0.05, 0) is 55.5 Å². The Morgan fingerprint density at radius 3 is 2.21 bits per heavy atom. The van der Waals surface area contributed by atoms with Crippen molar-refractivity contribution >= 4 is 17.6 Å². The standard InChI is InChI=1S/C23H21NO5/c1-16-6-10-18(11-7-16)24-22(25)17-8-12-19(13-9-17)28-14-15-29-21-5-3-2-4-20(21)23(26)27/h2-13H,14-15H2,1H3,(H,24,25)(H,26,27). The maximum absolute atomic E-state index is 12.3. The van der Waals surface area contributed by atoms with Crippen LogP contribution in [0, 0.1) is 6.92 Å². The second kappa shape index (κ2) is 9.41. The van der Waals surface area contributed by atoms with Crippen molar-refractivity contribution in [2.24, 2.45) is 0 Å². The van der Waals surface area contributed by atoms with Gasteiger partial charge in [-0.25, -0.2) is 4.79 Å². The molecule has 3 aromatic carbocycles. The number of hydrogen-bond donors (Lipinski definition) is 2. The molecule has 0 saturated heterocycles. The Labute approximate surface area is 168 Å². The molecule has 0 atom stereocenters. The van der Waals surface area contributed by atoms with Crippen molar-refractivity contribution in [1.29, 1.82) is 0 Å². The lowest BCUT2D eigenvalue weighted by Gasteiger charge is -2.11. The number of aryl methyl sites for hydroxylation is 1. The number of rotatable bonds is 8. The molecule has 6 heteroatoms. The molecule has 2 N–H and O–H groups in total. The number of carbonyl (C=O) groups excluding carboxylic acids is 1. The average molecular weight is 391 g/mol. The van der Waals surface area contributed by atoms with Crippen LogP contribution in [0.5, 0.6) is 11.5 Å². The fourth-order valence-electron chi connectivity index (χ4n) is 2.62. The van der Waals surface area contributed by atoms with E-state index in [0.29, 0.717) is 17.1 Å². The van der Waals surface area contributed by atoms with Crippen LogP contribution >= 0.6 is 0 Å². The molecule has 3 aromatic rings. The lowest BCUT2D eigenvalue weighted by molar-refractivity contribution is 0.0691. The number of amides is 1. The van der Waals surface area contributed by atoms with Crippen LogP contribution in [0.3, 0.4) is 0 Å². The number of aromatic carboxylic acids is 1. The number of hydrogen-bond acceptors (Lipinski definition) is 4. The Morgan fingerprint density at radius 1 is 0.862 bits per heavy atom. The maximum Gasteiger partial charge on any atom is 0.339 e. The van der Waals surface area contributed by atoms with Crippen LogP contribution in [0.4, 0.5) is 5.69 Å². The number of para-hydroxylation sites is 1. The normalized spacial score (nSPS) is 10.2. The van der Waals surface area contributed by atoms with Crippen molar-refractivity contribution in [2.45, 2.75) is 6.92 Å². The molecule has 0 spiro atoms. The van der Waals surface area contributed by atoms with Gasteiger partial charge in [-0.15, -0.1) is 0 Å². The predicted molar refractivity (Wildman–Crippen MR) is 110 cm³/mol. The number of ether oxygens (including phenoxy) is 2. The molecule has 148 valence electrons. The summed E-state index contributed by atoms with van der Waals surface area (Å²) in [6.45, 7) is 2.42. The summed E-state index contributed by atoms with van der Waals surface area (Å²) in [7, 11) is 0. The summed E-state index contributed by atoms with van der Waals surface area (Å²) >= 11 is 0. The second-order valence-electron chi connectivity index (χ2n) is 6.34. The number of carbonyl (C=O) groups is 2. The quantitative estimate of drug-likeness (QED) is 0.556. The summed E-state index contributed by atoms with van der Waals surface area (Å²) in [6, 6.07) is 20.8. The molecule has 0 unspecified atom stereocenters. The first kappa shape index (κ1) is 19.9. The van der Waals surface area contributed by atoms with E-state index in [9.17, 15) is 9.59 Å². The van der Waals surface area contributed by atoms with Gasteiger partial charge in [0.1, 0.15) is 30.3 Å². The molecule has 29 heavy (non-hydrogen) atoms. The minimum absolute atomic E-state index is 0.108. The van der Waals surface area contributed by atoms with Crippen LogP contribution in [-0.4, -0.2) is 30.2 Å². The molecule has 0 heterocycles. The average Bonchev–Trinajstić information content (AvgIpc) is 2.73. The number of carboxylic acids is 1. The lowest BCUT2D eigenvalue weighted by Crippen LogP contribution is -2.12. The third kappa shape index (κ3) is 5.59. The highest BCUT2D eigenvalue weighted by molar-refractivity contribution is 6.04. The zero-order valence-electron chi connectivity index (χ0n) is 15.9. The van der Waals surface area contributed by atoms with Crippen molar-refractivity contribution in [3.8, 4) is 11.5 Å². The van der Waals surface area contributed by atoms with Crippen LogP contribution in [0.2, 0.25) is 0 Å². The predicted octanol–water partition coefficient (Wildman–Crippen LogP) is 4.40. The van der Waals surface area contributed by atoms with Gasteiger partial charge in [-0.2, -0.15) is 0 Å². The van der Waals surface area contributed by atoms with Crippen LogP contribution in [0.1, 0.15) is 26.3 Å². The Kier molecular flexibility index (Phi) is 6.47. The van der Waals surface area contributed by atoms with Gasteiger partial charge in [0.15, 0.2) is 0 Å². The lowest BCUT2D eigenvalue weighted by atomic mass is 10.2. The topological polar surface area (TPSA) is 84.9 Å². The molecule has 3 rings (SSSR count). The van der Waals surface area contributed by atoms with Gasteiger partial charge < -0.3 is 19.9 Å². The molecule has 0 fully saturated rings. The zero-order chi connectivity index (χ0) is 20.6. The van der Waals surface area contributed by atoms with Gasteiger partial charge >= 0.3 is 5.97 Å². The molecule has 0 bridgehead atoms. The summed E-state index contributed by atoms with van der Waals surface area (Å²) in [4.78, 5) is 23.4. The summed E-state index contributed by atoms with van der Waals surface area (Å²) in [5.41, 5.74) is 2.49. The fourth-order valence-corrected chi connectivity index (χ4v) is 2.62. The molecule has 0 aliphatic rings. The highest BCUT2D eigenvalue weighted by Crippen LogP contribution is 2.18. The minimum Gasteiger partial charge on any atom is -0.490 e. The summed E-state index contributed by atoms with van der Waals surface area (Å²) in [5, 5.41) is 12.0. The number of anilines is 1. The van der Waals surface area contributed by atoms with E-state index >= 15 is 0 Å². The van der Waals surface area contributed by atoms with E-state index in [0.717, 1.165) is 11.3 Å². The van der Waals surface area contributed by atoms with Crippen molar-refractivity contribution in [3.63, 3.8) is 0 Å². The molecule has 0 saturated carbocycles. The van der Waals surface area contributed by atoms with E-state index in [2.05, 4.69) is 5.32 Å². The summed E-state index contributed by atoms with van der Waals surface area (Å²) < 4.78 is 11.1. The van der Waals surface area contributed by atoms with Gasteiger partial charge in [0.05, 0.1) is 0 Å². The number of carboxylic acid groups (broad SMARTS) is 1. The van der Waals surface area contributed by atoms with Crippen molar-refractivity contribution in [3.05, 3.63) is 89.5 Å². The van der Waals surface area contributed by atoms with E-state index in [1.165, 1.54) is 6.07 Å². The van der Waals surface area contributed by atoms with E-state index in [1.807, 2.05) is 31.2 Å². The number of nitrogens with one attached hydrogen (secondary N) is 1. The van der Waals surface area contributed by atoms with Crippen molar-refractivity contribution in [2.75, 3.05) is 18.5 Å². The van der Waals surface area contributed by atoms with Gasteiger partial charge in [-0.3, -0.25) is 4.79 Å². The monoisotopic (exact) mass is 391 g/mol. The van der Waals surface area contributed by atoms with Gasteiger partial charge in [-0.1, -0.05) is 29.8 Å². The maximum atomic E-state index is 12.3. The largest absolute Gasteiger partial charge is 0.490 e. The van der Waals surface area contributed by atoms with Crippen LogP contribution in [0.15, 0.2) is 72.8 Å². The summed E-state index contributed by atoms with van der Waals surface area (Å²) in [6.07, 6.45) is 0. The van der Waals surface area contributed by atoms with Gasteiger partial charge in [0, 0.05) is 11.3 Å². The third-order valence-electron chi connectivity index (χ3n) is 4.15. The van der Waals surface area contributed by atoms with Crippen LogP contribution in [0.25, 0.3) is 0 Å². The zero-order valence-corrected chi connectivity index (χ0v) is 15.9. The smallest absolute Gasteiger partial charge is 0.339 e. The highest BCUT2D eigenvalue weighted by Gasteiger charge is 2.10. The van der Waals surface area contributed by atoms with Gasteiger partial charge in [0.2, 0.25) is 0 Å². The SMILES string of the molecule is Cc1ccc(NC(=O)c2ccc(OCCOc3ccccc3C(=O)O)cc2)cc1. The Balaban J connectivity index is 1.49. The van der Waals surface area contributed by atoms with E-state index in [1.54, 1.807) is 42.5 Å². The highest BCUT2D eigenvalue weighted by atomic mass is 16.5. The fraction of sp³-hybridized carbons (Fsp3) is 0.130. The first-order chi connectivity index (χ1) is 14.0. The molecule has 1 amide bonds. The van der Waals surface area contributed by atoms with Gasteiger partial charge in [0.25, 0.3) is 5.91 Å². The Morgan fingerprint density at radius 2 is 1.52 bits per heavy atom.